The van der Waals surface area contributed by atoms with Crippen molar-refractivity contribution >= 4 is 5.82 Å². The van der Waals surface area contributed by atoms with Crippen molar-refractivity contribution < 1.29 is 9.13 Å². The lowest BCUT2D eigenvalue weighted by molar-refractivity contribution is 0.0212. The minimum Gasteiger partial charge on any atom is -0.381 e. The molecule has 0 unspecified atom stereocenters. The Morgan fingerprint density at radius 2 is 2.00 bits per heavy atom. The highest BCUT2D eigenvalue weighted by molar-refractivity contribution is 5.69. The van der Waals surface area contributed by atoms with Gasteiger partial charge >= 0.3 is 0 Å². The Morgan fingerprint density at radius 1 is 1.17 bits per heavy atom. The summed E-state index contributed by atoms with van der Waals surface area (Å²) >= 11 is 0. The standard InChI is InChI=1S/C24H24FN9O/c1-3-17-5-4-6-19(16(17)2)24-27-22(21(25)23(26)28-24)20-14-34(31-29-20)13-18-7-8-33(30-18)15-32-9-11-35-12-10-32/h1,4-8,14H,9-13,15H2,2H3,(H2,26,27,28). The highest BCUT2D eigenvalue weighted by Crippen LogP contribution is 2.28. The number of benzene rings is 1. The number of halogens is 1. The lowest BCUT2D eigenvalue weighted by Crippen LogP contribution is -2.37. The predicted molar refractivity (Wildman–Crippen MR) is 127 cm³/mol. The maximum absolute atomic E-state index is 14.9. The summed E-state index contributed by atoms with van der Waals surface area (Å²) in [6.07, 6.45) is 9.11. The van der Waals surface area contributed by atoms with E-state index in [-0.39, 0.29) is 23.0 Å². The molecule has 1 saturated heterocycles. The van der Waals surface area contributed by atoms with Gasteiger partial charge in [-0.3, -0.25) is 9.58 Å². The van der Waals surface area contributed by atoms with Crippen molar-refractivity contribution in [1.82, 2.24) is 39.6 Å². The fourth-order valence-corrected chi connectivity index (χ4v) is 3.95. The molecule has 1 aromatic carbocycles. The number of hydrogen-bond donors (Lipinski definition) is 1. The van der Waals surface area contributed by atoms with Crippen molar-refractivity contribution in [2.75, 3.05) is 32.0 Å². The molecule has 3 aromatic heterocycles. The lowest BCUT2D eigenvalue weighted by Gasteiger charge is -2.26. The average Bonchev–Trinajstić information content (AvgIpc) is 3.51. The van der Waals surface area contributed by atoms with Crippen LogP contribution >= 0.6 is 0 Å². The number of ether oxygens (including phenoxy) is 1. The Balaban J connectivity index is 1.37. The number of anilines is 1. The smallest absolute Gasteiger partial charge is 0.193 e. The molecule has 0 spiro atoms. The van der Waals surface area contributed by atoms with Crippen LogP contribution in [0.25, 0.3) is 22.8 Å². The van der Waals surface area contributed by atoms with E-state index in [1.54, 1.807) is 16.9 Å². The molecule has 178 valence electrons. The molecule has 35 heavy (non-hydrogen) atoms. The van der Waals surface area contributed by atoms with Gasteiger partial charge in [-0.1, -0.05) is 23.3 Å². The quantitative estimate of drug-likeness (QED) is 0.423. The van der Waals surface area contributed by atoms with E-state index in [0.29, 0.717) is 24.3 Å². The van der Waals surface area contributed by atoms with Crippen LogP contribution in [0.15, 0.2) is 36.7 Å². The van der Waals surface area contributed by atoms with Crippen molar-refractivity contribution in [1.29, 1.82) is 0 Å². The first-order valence-electron chi connectivity index (χ1n) is 11.1. The van der Waals surface area contributed by atoms with Gasteiger partial charge in [0, 0.05) is 30.4 Å². The van der Waals surface area contributed by atoms with E-state index in [1.165, 1.54) is 0 Å². The van der Waals surface area contributed by atoms with Crippen molar-refractivity contribution in [2.45, 2.75) is 20.1 Å². The van der Waals surface area contributed by atoms with E-state index >= 15 is 0 Å². The Bertz CT molecular complexity index is 1400. The molecule has 0 bridgehead atoms. The van der Waals surface area contributed by atoms with Crippen molar-refractivity contribution in [3.63, 3.8) is 0 Å². The average molecular weight is 474 g/mol. The number of nitrogen functional groups attached to an aromatic ring is 1. The summed E-state index contributed by atoms with van der Waals surface area (Å²) in [4.78, 5) is 10.8. The van der Waals surface area contributed by atoms with Crippen LogP contribution in [0, 0.1) is 25.1 Å². The van der Waals surface area contributed by atoms with Gasteiger partial charge in [-0.25, -0.2) is 19.0 Å². The molecule has 2 N–H and O–H groups in total. The normalized spacial score (nSPS) is 14.2. The number of nitrogens with zero attached hydrogens (tertiary/aromatic N) is 8. The third kappa shape index (κ3) is 4.75. The monoisotopic (exact) mass is 473 g/mol. The lowest BCUT2D eigenvalue weighted by atomic mass is 10.0. The maximum Gasteiger partial charge on any atom is 0.193 e. The Morgan fingerprint density at radius 3 is 2.80 bits per heavy atom. The molecular weight excluding hydrogens is 449 g/mol. The Kier molecular flexibility index (Phi) is 6.22. The number of rotatable bonds is 6. The number of aromatic nitrogens is 7. The van der Waals surface area contributed by atoms with Crippen LogP contribution in [-0.4, -0.2) is 65.9 Å². The van der Waals surface area contributed by atoms with E-state index in [9.17, 15) is 4.39 Å². The van der Waals surface area contributed by atoms with Crippen LogP contribution in [0.5, 0.6) is 0 Å². The van der Waals surface area contributed by atoms with E-state index in [1.807, 2.05) is 36.0 Å². The molecule has 0 amide bonds. The zero-order valence-electron chi connectivity index (χ0n) is 19.2. The molecule has 1 aliphatic heterocycles. The summed E-state index contributed by atoms with van der Waals surface area (Å²) in [6, 6.07) is 7.36. The zero-order valence-corrected chi connectivity index (χ0v) is 19.2. The first-order chi connectivity index (χ1) is 17.0. The molecule has 1 fully saturated rings. The second-order valence-corrected chi connectivity index (χ2v) is 8.24. The van der Waals surface area contributed by atoms with E-state index in [2.05, 4.69) is 36.2 Å². The van der Waals surface area contributed by atoms with Gasteiger partial charge in [-0.05, 0) is 24.6 Å². The highest BCUT2D eigenvalue weighted by Gasteiger charge is 2.19. The third-order valence-corrected chi connectivity index (χ3v) is 5.86. The van der Waals surface area contributed by atoms with Crippen molar-refractivity contribution in [3.05, 3.63) is 59.3 Å². The van der Waals surface area contributed by atoms with Gasteiger partial charge in [-0.2, -0.15) is 5.10 Å². The summed E-state index contributed by atoms with van der Waals surface area (Å²) in [5.41, 5.74) is 9.09. The third-order valence-electron chi connectivity index (χ3n) is 5.86. The fraction of sp³-hybridized carbons (Fsp3) is 0.292. The Labute approximate surface area is 201 Å². The van der Waals surface area contributed by atoms with Crippen LogP contribution in [0.2, 0.25) is 0 Å². The topological polar surface area (TPSA) is 113 Å². The molecule has 0 radical (unpaired) electrons. The van der Waals surface area contributed by atoms with Crippen molar-refractivity contribution in [3.8, 4) is 35.1 Å². The van der Waals surface area contributed by atoms with Gasteiger partial charge in [0.2, 0.25) is 0 Å². The Hall–Kier alpha value is -4.14. The SMILES string of the molecule is C#Cc1cccc(-c2nc(N)c(F)c(-c3cn(Cc4ccn(CN5CCOCC5)n4)nn3)n2)c1C. The molecule has 1 aliphatic rings. The van der Waals surface area contributed by atoms with E-state index < -0.39 is 5.82 Å². The summed E-state index contributed by atoms with van der Waals surface area (Å²) in [6.45, 7) is 6.16. The second-order valence-electron chi connectivity index (χ2n) is 8.24. The molecule has 0 aliphatic carbocycles. The van der Waals surface area contributed by atoms with Gasteiger partial charge in [0.1, 0.15) is 11.4 Å². The minimum atomic E-state index is -0.749. The summed E-state index contributed by atoms with van der Waals surface area (Å²) in [5, 5.41) is 12.8. The van der Waals surface area contributed by atoms with Crippen LogP contribution in [0.3, 0.4) is 0 Å². The zero-order chi connectivity index (χ0) is 24.4. The number of hydrogen-bond acceptors (Lipinski definition) is 8. The molecule has 0 atom stereocenters. The molecular formula is C24H24FN9O. The van der Waals surface area contributed by atoms with Gasteiger partial charge in [0.05, 0.1) is 38.3 Å². The molecule has 5 rings (SSSR count). The number of terminal acetylenes is 1. The summed E-state index contributed by atoms with van der Waals surface area (Å²) in [5.74, 6) is 1.87. The van der Waals surface area contributed by atoms with Gasteiger partial charge < -0.3 is 10.5 Å². The molecule has 4 heterocycles. The largest absolute Gasteiger partial charge is 0.381 e. The first kappa shape index (κ1) is 22.6. The number of nitrogens with two attached hydrogens (primary N) is 1. The highest BCUT2D eigenvalue weighted by atomic mass is 19.1. The molecule has 11 heteroatoms. The molecule has 4 aromatic rings. The maximum atomic E-state index is 14.9. The van der Waals surface area contributed by atoms with Gasteiger partial charge in [0.15, 0.2) is 17.5 Å². The van der Waals surface area contributed by atoms with E-state index in [0.717, 1.165) is 37.6 Å². The molecule has 0 saturated carbocycles. The minimum absolute atomic E-state index is 0.0258. The summed E-state index contributed by atoms with van der Waals surface area (Å²) in [7, 11) is 0. The number of morpholine rings is 1. The van der Waals surface area contributed by atoms with Crippen LogP contribution in [-0.2, 0) is 18.0 Å². The summed E-state index contributed by atoms with van der Waals surface area (Å²) < 4.78 is 23.7. The van der Waals surface area contributed by atoms with Crippen LogP contribution in [0.1, 0.15) is 16.8 Å². The van der Waals surface area contributed by atoms with Crippen molar-refractivity contribution in [2.24, 2.45) is 0 Å². The van der Waals surface area contributed by atoms with Crippen LogP contribution < -0.4 is 5.73 Å². The second kappa shape index (κ2) is 9.61. The van der Waals surface area contributed by atoms with E-state index in [4.69, 9.17) is 16.9 Å². The van der Waals surface area contributed by atoms with Gasteiger partial charge in [-0.15, -0.1) is 11.5 Å². The molecule has 10 nitrogen and oxygen atoms in total. The first-order valence-corrected chi connectivity index (χ1v) is 11.1. The van der Waals surface area contributed by atoms with Gasteiger partial charge in [0.25, 0.3) is 0 Å². The van der Waals surface area contributed by atoms with Crippen LogP contribution in [0.4, 0.5) is 10.2 Å². The fourth-order valence-electron chi connectivity index (χ4n) is 3.95. The predicted octanol–water partition coefficient (Wildman–Crippen LogP) is 1.95.